The Hall–Kier alpha value is -7.03. The number of anilines is 2. The molecule has 0 unspecified atom stereocenters. The van der Waals surface area contributed by atoms with Crippen LogP contribution in [-0.2, 0) is 86.4 Å². The number of carbonyl (C=O) groups is 7. The smallest absolute Gasteiger partial charge is 0.312 e. The molecule has 3 aromatic carbocycles. The molecule has 0 saturated heterocycles. The van der Waals surface area contributed by atoms with Crippen molar-refractivity contribution in [2.45, 2.75) is 97.9 Å². The zero-order valence-corrected chi connectivity index (χ0v) is 49.7. The van der Waals surface area contributed by atoms with Crippen molar-refractivity contribution in [1.29, 1.82) is 0 Å². The van der Waals surface area contributed by atoms with Gasteiger partial charge in [0, 0.05) is 74.8 Å². The Bertz CT molecular complexity index is 2690. The molecule has 1 aliphatic heterocycles. The van der Waals surface area contributed by atoms with Crippen LogP contribution in [-0.4, -0.2) is 175 Å². The van der Waals surface area contributed by atoms with Gasteiger partial charge in [0.15, 0.2) is 5.78 Å². The third-order valence-electron chi connectivity index (χ3n) is 13.6. The highest BCUT2D eigenvalue weighted by Crippen LogP contribution is 2.41. The maximum atomic E-state index is 14.0. The maximum Gasteiger partial charge on any atom is 0.312 e. The molecule has 2 atom stereocenters. The first kappa shape index (κ1) is 68.7. The number of ether oxygens (including phenoxy) is 8. The highest BCUT2D eigenvalue weighted by atomic mass is 16.6. The molecule has 466 valence electrons. The Morgan fingerprint density at radius 1 is 0.659 bits per heavy atom. The Morgan fingerprint density at radius 3 is 1.89 bits per heavy atom. The van der Waals surface area contributed by atoms with Crippen LogP contribution in [0, 0.1) is 11.8 Å². The average molecular weight is 1190 g/mol. The summed E-state index contributed by atoms with van der Waals surface area (Å²) in [6.45, 7) is 11.9. The van der Waals surface area contributed by atoms with Crippen molar-refractivity contribution in [2.75, 3.05) is 123 Å². The number of nitrogens with two attached hydrogens (primary N) is 1. The number of Topliss-reactive ketones (excluding diaryl/α,β-unsaturated/α-hetero) is 2. The molecule has 24 nitrogen and oxygen atoms in total. The van der Waals surface area contributed by atoms with Gasteiger partial charge < -0.3 is 69.8 Å². The number of amides is 5. The summed E-state index contributed by atoms with van der Waals surface area (Å²) in [7, 11) is 1.88. The number of hydrogen-bond donors (Lipinski definition) is 5. The van der Waals surface area contributed by atoms with Crippen LogP contribution in [0.5, 0.6) is 0 Å². The lowest BCUT2D eigenvalue weighted by Crippen LogP contribution is -2.45. The molecule has 1 aliphatic rings. The molecule has 24 heteroatoms. The molecule has 5 rings (SSSR count). The number of nitrogens with zero attached hydrogens (tertiary/aromatic N) is 4. The normalized spacial score (nSPS) is 12.5. The first-order valence-electron chi connectivity index (χ1n) is 29.3. The van der Waals surface area contributed by atoms with Crippen LogP contribution in [0.1, 0.15) is 83.3 Å². The van der Waals surface area contributed by atoms with Crippen LogP contribution in [0.3, 0.4) is 0 Å². The fraction of sp³-hybridized carbons (Fsp3) is 0.557. The lowest BCUT2D eigenvalue weighted by molar-refractivity contribution is -0.142. The lowest BCUT2D eigenvalue weighted by Gasteiger charge is -2.28. The van der Waals surface area contributed by atoms with E-state index in [2.05, 4.69) is 31.6 Å². The second kappa shape index (κ2) is 39.6. The quantitative estimate of drug-likeness (QED) is 0.0281. The molecule has 0 bridgehead atoms. The van der Waals surface area contributed by atoms with Gasteiger partial charge in [-0.25, -0.2) is 9.48 Å². The summed E-state index contributed by atoms with van der Waals surface area (Å²) in [5, 5.41) is 20.3. The number of hydrogen-bond acceptors (Lipinski definition) is 18. The van der Waals surface area contributed by atoms with Crippen LogP contribution in [0.25, 0.3) is 22.5 Å². The number of para-hydroxylation sites is 1. The third kappa shape index (κ3) is 25.6. The number of ketones is 2. The average Bonchev–Trinajstić information content (AvgIpc) is 2.42. The Labute approximate surface area is 498 Å². The number of fused-ring (bicyclic) bond motifs is 5. The number of aromatic nitrogens is 3. The number of likely N-dealkylation sites (N-methyl/N-ethyl adjacent to an activating group) is 1. The molecule has 0 radical (unpaired) electrons. The Balaban J connectivity index is 0.915. The van der Waals surface area contributed by atoms with E-state index in [1.807, 2.05) is 60.3 Å². The van der Waals surface area contributed by atoms with Gasteiger partial charge in [0.25, 0.3) is 0 Å². The number of benzene rings is 3. The van der Waals surface area contributed by atoms with Crippen LogP contribution in [0.15, 0.2) is 72.8 Å². The van der Waals surface area contributed by atoms with Crippen molar-refractivity contribution in [3.63, 3.8) is 0 Å². The number of nitrogens with one attached hydrogen (secondary N) is 4. The maximum absolute atomic E-state index is 14.0. The Morgan fingerprint density at radius 2 is 1.26 bits per heavy atom. The summed E-state index contributed by atoms with van der Waals surface area (Å²) in [6, 6.07) is 20.9. The molecule has 4 aromatic rings. The first-order chi connectivity index (χ1) is 41.2. The van der Waals surface area contributed by atoms with Gasteiger partial charge in [-0.05, 0) is 61.6 Å². The van der Waals surface area contributed by atoms with Gasteiger partial charge in [0.05, 0.1) is 123 Å². The molecule has 0 fully saturated rings. The molecular weight excluding hydrogens is 1100 g/mol. The van der Waals surface area contributed by atoms with Crippen LogP contribution in [0.4, 0.5) is 16.2 Å². The minimum atomic E-state index is -0.847. The van der Waals surface area contributed by atoms with E-state index < -0.39 is 29.9 Å². The van der Waals surface area contributed by atoms with E-state index in [1.165, 1.54) is 6.92 Å². The van der Waals surface area contributed by atoms with E-state index in [9.17, 15) is 33.6 Å². The minimum Gasteiger partial charge on any atom is -0.461 e. The first-order valence-corrected chi connectivity index (χ1v) is 29.3. The number of primary amides is 1. The SMILES string of the molecule is CNCCOCCOCCOCCn1nnc2c1-c1ccccc1CN(C(=O)CCCC(=O)CCOCCOCCOCCOCCC(=O)N[C@H](C(=O)C[C@@H](CCCNC(N)=O)C(=O)Nc1ccc(COC(C)=O)cc1)C(C)C)c1ccccc1-2. The van der Waals surface area contributed by atoms with E-state index in [1.54, 1.807) is 43.0 Å². The van der Waals surface area contributed by atoms with Gasteiger partial charge in [-0.15, -0.1) is 5.10 Å². The van der Waals surface area contributed by atoms with Crippen molar-refractivity contribution in [3.05, 3.63) is 83.9 Å². The van der Waals surface area contributed by atoms with Crippen molar-refractivity contribution in [1.82, 2.24) is 30.9 Å². The highest BCUT2D eigenvalue weighted by Gasteiger charge is 2.31. The molecule has 1 aromatic heterocycles. The lowest BCUT2D eigenvalue weighted by atomic mass is 9.89. The van der Waals surface area contributed by atoms with E-state index >= 15 is 0 Å². The van der Waals surface area contributed by atoms with Gasteiger partial charge in [-0.3, -0.25) is 28.8 Å². The molecule has 0 aliphatic carbocycles. The number of esters is 1. The summed E-state index contributed by atoms with van der Waals surface area (Å²) >= 11 is 0. The van der Waals surface area contributed by atoms with Crippen LogP contribution in [0.2, 0.25) is 0 Å². The zero-order valence-electron chi connectivity index (χ0n) is 49.7. The molecule has 0 saturated carbocycles. The van der Waals surface area contributed by atoms with Gasteiger partial charge >= 0.3 is 12.0 Å². The molecule has 6 N–H and O–H groups in total. The molecular formula is C61H87N9O15. The minimum absolute atomic E-state index is 0.00505. The zero-order chi connectivity index (χ0) is 61.0. The van der Waals surface area contributed by atoms with Crippen molar-refractivity contribution in [2.24, 2.45) is 17.6 Å². The van der Waals surface area contributed by atoms with E-state index in [0.29, 0.717) is 103 Å². The largest absolute Gasteiger partial charge is 0.461 e. The van der Waals surface area contributed by atoms with Crippen LogP contribution >= 0.6 is 0 Å². The third-order valence-corrected chi connectivity index (χ3v) is 13.6. The van der Waals surface area contributed by atoms with Gasteiger partial charge in [-0.1, -0.05) is 73.7 Å². The van der Waals surface area contributed by atoms with Gasteiger partial charge in [0.1, 0.15) is 18.1 Å². The summed E-state index contributed by atoms with van der Waals surface area (Å²) in [4.78, 5) is 91.0. The van der Waals surface area contributed by atoms with Gasteiger partial charge in [0.2, 0.25) is 17.7 Å². The monoisotopic (exact) mass is 1190 g/mol. The van der Waals surface area contributed by atoms with Gasteiger partial charge in [-0.2, -0.15) is 0 Å². The summed E-state index contributed by atoms with van der Waals surface area (Å²) in [5.41, 5.74) is 11.3. The van der Waals surface area contributed by atoms with E-state index in [-0.39, 0.29) is 107 Å². The number of carbonyl (C=O) groups excluding carboxylic acids is 7. The molecule has 85 heavy (non-hydrogen) atoms. The summed E-state index contributed by atoms with van der Waals surface area (Å²) in [5.74, 6) is -2.61. The molecule has 0 spiro atoms. The second-order valence-corrected chi connectivity index (χ2v) is 20.5. The number of rotatable bonds is 44. The second-order valence-electron chi connectivity index (χ2n) is 20.5. The number of urea groups is 1. The molecule has 2 heterocycles. The molecule has 5 amide bonds. The fourth-order valence-corrected chi connectivity index (χ4v) is 9.10. The van der Waals surface area contributed by atoms with Crippen LogP contribution < -0.4 is 31.9 Å². The standard InChI is InChI=1S/C61H87N9O15/c1-44(2)57(54(73)41-47(12-10-24-64-61(62)77)60(76)65-49-20-18-46(19-21-49)43-85-45(3)71)66-55(74)23-28-79-32-36-83-40-39-82-35-31-78-27-22-50(72)13-9-17-56(75)69-42-48-11-5-6-14-51(48)59-58(52-15-7-8-16-53(52)69)67-68-70(59)26-30-81-34-38-84-37-33-80-29-25-63-4/h5-8,11,14-16,18-21,44,47,57,63H,9-10,12-13,17,22-43H2,1-4H3,(H,65,76)(H,66,74)(H3,62,64,77)/t47-,57+/m1/s1. The predicted molar refractivity (Wildman–Crippen MR) is 317 cm³/mol. The van der Waals surface area contributed by atoms with Crippen molar-refractivity contribution in [3.8, 4) is 22.5 Å². The topological polar surface area (TPSA) is 301 Å². The van der Waals surface area contributed by atoms with E-state index in [4.69, 9.17) is 43.6 Å². The summed E-state index contributed by atoms with van der Waals surface area (Å²) in [6.07, 6.45) is 1.56. The van der Waals surface area contributed by atoms with E-state index in [0.717, 1.165) is 40.2 Å². The fourth-order valence-electron chi connectivity index (χ4n) is 9.10. The highest BCUT2D eigenvalue weighted by molar-refractivity contribution is 6.00. The summed E-state index contributed by atoms with van der Waals surface area (Å²) < 4.78 is 46.2. The Kier molecular flexibility index (Phi) is 32.0. The predicted octanol–water partition coefficient (Wildman–Crippen LogP) is 5.18. The van der Waals surface area contributed by atoms with Crippen molar-refractivity contribution >= 4 is 52.7 Å². The van der Waals surface area contributed by atoms with Crippen molar-refractivity contribution < 1.29 is 71.5 Å².